The lowest BCUT2D eigenvalue weighted by molar-refractivity contribution is 0.483. The number of benzene rings is 1. The van der Waals surface area contributed by atoms with E-state index in [1.165, 1.54) is 31.6 Å². The molecule has 17 heavy (non-hydrogen) atoms. The average molecular weight is 255 g/mol. The normalized spacial score (nSPS) is 25.8. The summed E-state index contributed by atoms with van der Waals surface area (Å²) in [6.45, 7) is 4.46. The van der Waals surface area contributed by atoms with Gasteiger partial charge in [-0.25, -0.2) is 0 Å². The first-order valence-corrected chi connectivity index (χ1v) is 7.15. The van der Waals surface area contributed by atoms with Crippen LogP contribution in [0.1, 0.15) is 12.0 Å². The smallest absolute Gasteiger partial charge is 0.294 e. The lowest BCUT2D eigenvalue weighted by Crippen LogP contribution is -2.10. The van der Waals surface area contributed by atoms with E-state index in [2.05, 4.69) is 5.32 Å². The molecule has 0 aromatic heterocycles. The van der Waals surface area contributed by atoms with Crippen LogP contribution in [-0.2, 0) is 10.1 Å². The molecule has 3 rings (SSSR count). The number of fused-ring (bicyclic) bond motifs is 1. The molecule has 1 aliphatic heterocycles. The topological polar surface area (TPSA) is 66.4 Å². The summed E-state index contributed by atoms with van der Waals surface area (Å²) in [5, 5.41) is 3.32. The molecule has 2 fully saturated rings. The summed E-state index contributed by atoms with van der Waals surface area (Å²) >= 11 is 0. The van der Waals surface area contributed by atoms with E-state index in [-0.39, 0.29) is 4.90 Å². The minimum absolute atomic E-state index is 0.0666. The van der Waals surface area contributed by atoms with Gasteiger partial charge < -0.3 is 5.32 Å². The van der Waals surface area contributed by atoms with Crippen LogP contribution in [0.5, 0.6) is 0 Å². The SMILES string of the molecule is C1NCC2CC12.Cc1ccc(S(=O)(=O)O)cc1. The molecule has 94 valence electrons. The number of rotatable bonds is 1. The Balaban J connectivity index is 0.000000148. The van der Waals surface area contributed by atoms with E-state index in [4.69, 9.17) is 4.55 Å². The predicted molar refractivity (Wildman–Crippen MR) is 65.5 cm³/mol. The van der Waals surface area contributed by atoms with Crippen molar-refractivity contribution in [2.45, 2.75) is 18.2 Å². The molecule has 1 aromatic rings. The maximum absolute atomic E-state index is 10.5. The molecule has 2 atom stereocenters. The Hall–Kier alpha value is -0.910. The number of nitrogens with one attached hydrogen (secondary N) is 1. The number of hydrogen-bond acceptors (Lipinski definition) is 3. The van der Waals surface area contributed by atoms with Gasteiger partial charge in [-0.3, -0.25) is 4.55 Å². The predicted octanol–water partition coefficient (Wildman–Crippen LogP) is 1.47. The maximum Gasteiger partial charge on any atom is 0.294 e. The molecular weight excluding hydrogens is 238 g/mol. The van der Waals surface area contributed by atoms with Crippen molar-refractivity contribution in [1.82, 2.24) is 5.32 Å². The third-order valence-electron chi connectivity index (χ3n) is 3.20. The van der Waals surface area contributed by atoms with Gasteiger partial charge in [0.05, 0.1) is 4.90 Å². The molecule has 1 heterocycles. The van der Waals surface area contributed by atoms with E-state index < -0.39 is 10.1 Å². The Kier molecular flexibility index (Phi) is 3.51. The van der Waals surface area contributed by atoms with Crippen molar-refractivity contribution in [3.05, 3.63) is 29.8 Å². The highest BCUT2D eigenvalue weighted by atomic mass is 32.2. The van der Waals surface area contributed by atoms with Gasteiger partial charge in [0.15, 0.2) is 0 Å². The van der Waals surface area contributed by atoms with Gasteiger partial charge in [-0.2, -0.15) is 8.42 Å². The van der Waals surface area contributed by atoms with Gasteiger partial charge in [-0.05, 0) is 50.4 Å². The third kappa shape index (κ3) is 3.52. The lowest BCUT2D eigenvalue weighted by atomic mass is 10.2. The molecule has 1 aromatic carbocycles. The number of piperidine rings is 1. The molecule has 0 bridgehead atoms. The van der Waals surface area contributed by atoms with Crippen molar-refractivity contribution in [1.29, 1.82) is 0 Å². The van der Waals surface area contributed by atoms with Crippen molar-refractivity contribution in [2.24, 2.45) is 11.8 Å². The molecule has 1 saturated carbocycles. The van der Waals surface area contributed by atoms with Crippen LogP contribution in [0, 0.1) is 18.8 Å². The monoisotopic (exact) mass is 255 g/mol. The van der Waals surface area contributed by atoms with Crippen molar-refractivity contribution in [3.8, 4) is 0 Å². The van der Waals surface area contributed by atoms with E-state index in [1.54, 1.807) is 12.1 Å². The zero-order valence-corrected chi connectivity index (χ0v) is 10.6. The molecule has 2 unspecified atom stereocenters. The van der Waals surface area contributed by atoms with Gasteiger partial charge in [0.1, 0.15) is 0 Å². The Bertz CT molecular complexity index is 473. The highest BCUT2D eigenvalue weighted by Crippen LogP contribution is 2.40. The number of aryl methyl sites for hydroxylation is 1. The summed E-state index contributed by atoms with van der Waals surface area (Å²) in [5.74, 6) is 2.20. The van der Waals surface area contributed by atoms with Gasteiger partial charge >= 0.3 is 0 Å². The average Bonchev–Trinajstić information content (AvgIpc) is 2.86. The van der Waals surface area contributed by atoms with Crippen LogP contribution >= 0.6 is 0 Å². The molecule has 2 N–H and O–H groups in total. The quantitative estimate of drug-likeness (QED) is 0.746. The summed E-state index contributed by atoms with van der Waals surface area (Å²) in [4.78, 5) is -0.0666. The van der Waals surface area contributed by atoms with Crippen LogP contribution in [0.3, 0.4) is 0 Å². The number of hydrogen-bond donors (Lipinski definition) is 2. The molecule has 0 spiro atoms. The second-order valence-corrected chi connectivity index (χ2v) is 6.12. The summed E-state index contributed by atoms with van der Waals surface area (Å²) in [7, 11) is -4.02. The van der Waals surface area contributed by atoms with Gasteiger partial charge in [0.25, 0.3) is 10.1 Å². The van der Waals surface area contributed by atoms with Gasteiger partial charge in [0, 0.05) is 0 Å². The first kappa shape index (κ1) is 12.5. The van der Waals surface area contributed by atoms with Crippen LogP contribution in [-0.4, -0.2) is 26.1 Å². The fraction of sp³-hybridized carbons (Fsp3) is 0.500. The highest BCUT2D eigenvalue weighted by Gasteiger charge is 2.40. The summed E-state index contributed by atoms with van der Waals surface area (Å²) in [6, 6.07) is 5.99. The Labute approximate surface area is 102 Å². The standard InChI is InChI=1S/C7H8O3S.C5H9N/c1-6-2-4-7(5-3-6)11(8,9)10;1-4-2-6-3-5(1)4/h2-5H,1H3,(H,8,9,10);4-6H,1-3H2. The van der Waals surface area contributed by atoms with Crippen LogP contribution in [0.25, 0.3) is 0 Å². The van der Waals surface area contributed by atoms with Crippen molar-refractivity contribution in [2.75, 3.05) is 13.1 Å². The molecule has 2 aliphatic rings. The van der Waals surface area contributed by atoms with Gasteiger partial charge in [-0.15, -0.1) is 0 Å². The molecule has 1 saturated heterocycles. The largest absolute Gasteiger partial charge is 0.316 e. The van der Waals surface area contributed by atoms with Crippen LogP contribution < -0.4 is 5.32 Å². The lowest BCUT2D eigenvalue weighted by Gasteiger charge is -1.95. The minimum Gasteiger partial charge on any atom is -0.316 e. The molecule has 1 aliphatic carbocycles. The van der Waals surface area contributed by atoms with Crippen LogP contribution in [0.2, 0.25) is 0 Å². The third-order valence-corrected chi connectivity index (χ3v) is 4.07. The Morgan fingerprint density at radius 3 is 2.00 bits per heavy atom. The van der Waals surface area contributed by atoms with Crippen LogP contribution in [0.15, 0.2) is 29.2 Å². The Morgan fingerprint density at radius 2 is 1.71 bits per heavy atom. The van der Waals surface area contributed by atoms with Gasteiger partial charge in [-0.1, -0.05) is 17.7 Å². The van der Waals surface area contributed by atoms with E-state index in [1.807, 2.05) is 6.92 Å². The second kappa shape index (κ2) is 4.76. The highest BCUT2D eigenvalue weighted by molar-refractivity contribution is 7.85. The Morgan fingerprint density at radius 1 is 1.18 bits per heavy atom. The molecule has 0 amide bonds. The summed E-state index contributed by atoms with van der Waals surface area (Å²) in [6.07, 6.45) is 1.52. The second-order valence-electron chi connectivity index (χ2n) is 4.70. The summed E-state index contributed by atoms with van der Waals surface area (Å²) < 4.78 is 29.6. The van der Waals surface area contributed by atoms with Crippen molar-refractivity contribution < 1.29 is 13.0 Å². The first-order chi connectivity index (χ1) is 7.97. The fourth-order valence-corrected chi connectivity index (χ4v) is 2.45. The zero-order chi connectivity index (χ0) is 12.5. The van der Waals surface area contributed by atoms with E-state index in [0.717, 1.165) is 17.4 Å². The fourth-order valence-electron chi connectivity index (χ4n) is 1.97. The van der Waals surface area contributed by atoms with Gasteiger partial charge in [0.2, 0.25) is 0 Å². The van der Waals surface area contributed by atoms with E-state index in [0.29, 0.717) is 0 Å². The molecule has 4 nitrogen and oxygen atoms in total. The molecule has 5 heteroatoms. The zero-order valence-electron chi connectivity index (χ0n) is 9.76. The molecule has 0 radical (unpaired) electrons. The van der Waals surface area contributed by atoms with Crippen LogP contribution in [0.4, 0.5) is 0 Å². The van der Waals surface area contributed by atoms with E-state index in [9.17, 15) is 8.42 Å². The summed E-state index contributed by atoms with van der Waals surface area (Å²) in [5.41, 5.74) is 0.956. The van der Waals surface area contributed by atoms with Crippen molar-refractivity contribution in [3.63, 3.8) is 0 Å². The first-order valence-electron chi connectivity index (χ1n) is 5.71. The minimum atomic E-state index is -4.02. The molecular formula is C12H17NO3S. The van der Waals surface area contributed by atoms with Crippen molar-refractivity contribution >= 4 is 10.1 Å². The van der Waals surface area contributed by atoms with E-state index >= 15 is 0 Å². The maximum atomic E-state index is 10.5.